The molecule has 5 amide bonds. The standard InChI is InChI=1S/C40H56N6O6S/c1-8-26(2)34(46-20-19-45(39(46)51)25-31-24-41-27(3)53-31)36(48)42-30(21-28-15-11-9-12-16-28)23-33(47)32(22-29-17-13-10-14-18-29)43-37(49)35(40(4,5)6)44-38(50)52-7/h9-18,24,26,30,32-35,47H,8,19-23,25H2,1-7H3,(H,42,48)(H,43,49)(H,44,50). The number of carbonyl (C=O) groups is 4. The number of ether oxygens (including phenoxy) is 1. The molecular weight excluding hydrogens is 693 g/mol. The number of rotatable bonds is 17. The molecule has 0 spiro atoms. The fourth-order valence-corrected chi connectivity index (χ4v) is 7.52. The van der Waals surface area contributed by atoms with Gasteiger partial charge in [-0.15, -0.1) is 11.3 Å². The van der Waals surface area contributed by atoms with Crippen LogP contribution in [0.4, 0.5) is 9.59 Å². The Labute approximate surface area is 317 Å². The van der Waals surface area contributed by atoms with Gasteiger partial charge in [0.05, 0.1) is 30.8 Å². The Balaban J connectivity index is 1.59. The maximum atomic E-state index is 14.4. The highest BCUT2D eigenvalue weighted by Gasteiger charge is 2.41. The van der Waals surface area contributed by atoms with Crippen LogP contribution in [-0.2, 0) is 33.7 Å². The molecule has 1 saturated heterocycles. The van der Waals surface area contributed by atoms with Crippen LogP contribution in [0.15, 0.2) is 66.9 Å². The van der Waals surface area contributed by atoms with Crippen molar-refractivity contribution in [2.45, 2.75) is 104 Å². The summed E-state index contributed by atoms with van der Waals surface area (Å²) in [6.07, 6.45) is 1.48. The molecule has 1 aromatic heterocycles. The zero-order chi connectivity index (χ0) is 38.7. The molecule has 1 aliphatic rings. The van der Waals surface area contributed by atoms with Crippen LogP contribution in [0, 0.1) is 18.3 Å². The minimum atomic E-state index is -1.10. The molecule has 12 nitrogen and oxygen atoms in total. The number of hydrogen-bond acceptors (Lipinski definition) is 8. The zero-order valence-corrected chi connectivity index (χ0v) is 32.8. The highest BCUT2D eigenvalue weighted by molar-refractivity contribution is 7.11. The molecule has 3 aromatic rings. The second-order valence-electron chi connectivity index (χ2n) is 15.0. The first-order valence-corrected chi connectivity index (χ1v) is 19.2. The number of methoxy groups -OCH3 is 1. The van der Waals surface area contributed by atoms with Gasteiger partial charge in [0.2, 0.25) is 11.8 Å². The van der Waals surface area contributed by atoms with E-state index in [0.29, 0.717) is 38.9 Å². The molecule has 1 fully saturated rings. The van der Waals surface area contributed by atoms with Crippen molar-refractivity contribution in [3.05, 3.63) is 87.9 Å². The van der Waals surface area contributed by atoms with Gasteiger partial charge in [0.25, 0.3) is 0 Å². The maximum Gasteiger partial charge on any atom is 0.407 e. The van der Waals surface area contributed by atoms with Crippen LogP contribution in [0.3, 0.4) is 0 Å². The van der Waals surface area contributed by atoms with Gasteiger partial charge in [-0.1, -0.05) is 102 Å². The summed E-state index contributed by atoms with van der Waals surface area (Å²) < 4.78 is 4.79. The molecule has 0 aliphatic carbocycles. The number of aliphatic hydroxyl groups excluding tert-OH is 1. The summed E-state index contributed by atoms with van der Waals surface area (Å²) in [5.41, 5.74) is 1.19. The second-order valence-corrected chi connectivity index (χ2v) is 16.3. The van der Waals surface area contributed by atoms with E-state index >= 15 is 0 Å². The molecule has 13 heteroatoms. The third-order valence-electron chi connectivity index (χ3n) is 9.79. The molecule has 0 bridgehead atoms. The first kappa shape index (κ1) is 41.3. The van der Waals surface area contributed by atoms with E-state index in [9.17, 15) is 24.3 Å². The number of amides is 5. The quantitative estimate of drug-likeness (QED) is 0.150. The monoisotopic (exact) mass is 748 g/mol. The van der Waals surface area contributed by atoms with Crippen molar-refractivity contribution in [1.29, 1.82) is 0 Å². The van der Waals surface area contributed by atoms with Crippen molar-refractivity contribution in [2.75, 3.05) is 20.2 Å². The molecule has 0 saturated carbocycles. The summed E-state index contributed by atoms with van der Waals surface area (Å²) in [4.78, 5) is 62.9. The van der Waals surface area contributed by atoms with E-state index in [1.165, 1.54) is 7.11 Å². The number of alkyl carbamates (subject to hydrolysis) is 1. The van der Waals surface area contributed by atoms with Crippen molar-refractivity contribution >= 4 is 35.3 Å². The summed E-state index contributed by atoms with van der Waals surface area (Å²) >= 11 is 1.55. The van der Waals surface area contributed by atoms with Gasteiger partial charge in [-0.25, -0.2) is 14.6 Å². The van der Waals surface area contributed by atoms with E-state index < -0.39 is 47.7 Å². The van der Waals surface area contributed by atoms with Gasteiger partial charge in [0, 0.05) is 30.2 Å². The maximum absolute atomic E-state index is 14.4. The van der Waals surface area contributed by atoms with E-state index in [1.54, 1.807) is 27.3 Å². The number of nitrogens with zero attached hydrogens (tertiary/aromatic N) is 3. The average Bonchev–Trinajstić information content (AvgIpc) is 3.70. The number of hydrogen-bond donors (Lipinski definition) is 4. The summed E-state index contributed by atoms with van der Waals surface area (Å²) in [5.74, 6) is -0.877. The fourth-order valence-electron chi connectivity index (χ4n) is 6.71. The number of nitrogens with one attached hydrogen (secondary N) is 3. The summed E-state index contributed by atoms with van der Waals surface area (Å²) in [6, 6.07) is 16.1. The highest BCUT2D eigenvalue weighted by atomic mass is 32.1. The molecule has 4 N–H and O–H groups in total. The largest absolute Gasteiger partial charge is 0.453 e. The van der Waals surface area contributed by atoms with Crippen molar-refractivity contribution in [3.63, 3.8) is 0 Å². The van der Waals surface area contributed by atoms with Crippen LogP contribution >= 0.6 is 11.3 Å². The normalized spacial score (nSPS) is 16.6. The van der Waals surface area contributed by atoms with Gasteiger partial charge in [-0.05, 0) is 48.6 Å². The molecular formula is C40H56N6O6S. The lowest BCUT2D eigenvalue weighted by atomic mass is 9.85. The van der Waals surface area contributed by atoms with Crippen LogP contribution in [0.25, 0.3) is 0 Å². The smallest absolute Gasteiger partial charge is 0.407 e. The molecule has 6 atom stereocenters. The Morgan fingerprint density at radius 2 is 1.57 bits per heavy atom. The van der Waals surface area contributed by atoms with Crippen molar-refractivity contribution < 1.29 is 29.0 Å². The third-order valence-corrected chi connectivity index (χ3v) is 10.7. The lowest BCUT2D eigenvalue weighted by Crippen LogP contribution is -2.58. The van der Waals surface area contributed by atoms with Gasteiger partial charge in [0.15, 0.2) is 0 Å². The van der Waals surface area contributed by atoms with Crippen LogP contribution in [0.1, 0.15) is 68.5 Å². The number of aliphatic hydroxyl groups is 1. The lowest BCUT2D eigenvalue weighted by molar-refractivity contribution is -0.129. The molecule has 2 aromatic carbocycles. The van der Waals surface area contributed by atoms with Crippen molar-refractivity contribution in [2.24, 2.45) is 11.3 Å². The number of aromatic nitrogens is 1. The molecule has 1 aliphatic heterocycles. The number of urea groups is 1. The molecule has 288 valence electrons. The van der Waals surface area contributed by atoms with Gasteiger partial charge in [-0.2, -0.15) is 0 Å². The van der Waals surface area contributed by atoms with E-state index in [0.717, 1.165) is 21.0 Å². The highest BCUT2D eigenvalue weighted by Crippen LogP contribution is 2.25. The molecule has 4 rings (SSSR count). The number of benzene rings is 2. The third kappa shape index (κ3) is 11.8. The van der Waals surface area contributed by atoms with Gasteiger partial charge in [-0.3, -0.25) is 9.59 Å². The van der Waals surface area contributed by atoms with Gasteiger partial charge in [0.1, 0.15) is 12.1 Å². The Morgan fingerprint density at radius 3 is 2.11 bits per heavy atom. The number of aryl methyl sites for hydroxylation is 1. The zero-order valence-electron chi connectivity index (χ0n) is 32.0. The van der Waals surface area contributed by atoms with Gasteiger partial charge >= 0.3 is 12.1 Å². The topological polar surface area (TPSA) is 153 Å². The number of thiazole rings is 1. The lowest BCUT2D eigenvalue weighted by Gasteiger charge is -2.35. The van der Waals surface area contributed by atoms with Crippen LogP contribution in [-0.4, -0.2) is 94.3 Å². The van der Waals surface area contributed by atoms with E-state index in [1.807, 2.05) is 102 Å². The van der Waals surface area contributed by atoms with E-state index in [-0.39, 0.29) is 24.3 Å². The summed E-state index contributed by atoms with van der Waals surface area (Å²) in [6.45, 7) is 12.8. The minimum absolute atomic E-state index is 0.112. The van der Waals surface area contributed by atoms with Crippen LogP contribution in [0.5, 0.6) is 0 Å². The summed E-state index contributed by atoms with van der Waals surface area (Å²) in [5, 5.41) is 21.8. The van der Waals surface area contributed by atoms with Gasteiger partial charge < -0.3 is 35.6 Å². The fraction of sp³-hybridized carbons (Fsp3) is 0.525. The van der Waals surface area contributed by atoms with Crippen molar-refractivity contribution in [3.8, 4) is 0 Å². The Kier molecular flexibility index (Phi) is 14.8. The first-order valence-electron chi connectivity index (χ1n) is 18.4. The minimum Gasteiger partial charge on any atom is -0.453 e. The van der Waals surface area contributed by atoms with Crippen LogP contribution < -0.4 is 16.0 Å². The SMILES string of the molecule is CCC(C)C(C(=O)NC(Cc1ccccc1)CC(O)C(Cc1ccccc1)NC(=O)C(NC(=O)OC)C(C)(C)C)N1CCN(Cc2cnc(C)s2)C1=O. The Morgan fingerprint density at radius 1 is 0.943 bits per heavy atom. The molecule has 0 radical (unpaired) electrons. The predicted octanol–water partition coefficient (Wildman–Crippen LogP) is 5.08. The van der Waals surface area contributed by atoms with E-state index in [2.05, 4.69) is 20.9 Å². The van der Waals surface area contributed by atoms with Crippen molar-refractivity contribution in [1.82, 2.24) is 30.7 Å². The Bertz CT molecular complexity index is 1650. The molecule has 53 heavy (non-hydrogen) atoms. The average molecular weight is 749 g/mol. The first-order chi connectivity index (χ1) is 25.2. The predicted molar refractivity (Wildman–Crippen MR) is 206 cm³/mol. The Hall–Kier alpha value is -4.49. The van der Waals surface area contributed by atoms with E-state index in [4.69, 9.17) is 4.74 Å². The molecule has 2 heterocycles. The second kappa shape index (κ2) is 19.0. The summed E-state index contributed by atoms with van der Waals surface area (Å²) in [7, 11) is 1.24. The number of carbonyl (C=O) groups excluding carboxylic acids is 4. The van der Waals surface area contributed by atoms with Crippen LogP contribution in [0.2, 0.25) is 0 Å². The molecule has 6 unspecified atom stereocenters.